The summed E-state index contributed by atoms with van der Waals surface area (Å²) in [5, 5.41) is 6.81. The van der Waals surface area contributed by atoms with E-state index in [9.17, 15) is 14.4 Å². The van der Waals surface area contributed by atoms with E-state index in [0.29, 0.717) is 5.56 Å². The molecule has 0 atom stereocenters. The number of hydrogen-bond donors (Lipinski definition) is 2. The zero-order valence-corrected chi connectivity index (χ0v) is 19.3. The maximum Gasteiger partial charge on any atom is 0.339 e. The first-order valence-electron chi connectivity index (χ1n) is 11.2. The number of fused-ring (bicyclic) bond motifs is 1. The Morgan fingerprint density at radius 1 is 0.912 bits per heavy atom. The highest BCUT2D eigenvalue weighted by molar-refractivity contribution is 6.09. The summed E-state index contributed by atoms with van der Waals surface area (Å²) in [5.41, 5.74) is 5.27. The van der Waals surface area contributed by atoms with Crippen molar-refractivity contribution in [3.05, 3.63) is 83.4 Å². The fourth-order valence-electron chi connectivity index (χ4n) is 4.00. The second-order valence-corrected chi connectivity index (χ2v) is 8.27. The van der Waals surface area contributed by atoms with Crippen molar-refractivity contribution in [2.75, 3.05) is 25.5 Å². The molecule has 1 fully saturated rings. The number of hydrogen-bond acceptors (Lipinski definition) is 5. The van der Waals surface area contributed by atoms with E-state index in [0.717, 1.165) is 47.8 Å². The van der Waals surface area contributed by atoms with Crippen LogP contribution in [0.1, 0.15) is 46.0 Å². The molecule has 0 saturated carbocycles. The molecule has 3 aromatic carbocycles. The Hall–Kier alpha value is -3.97. The van der Waals surface area contributed by atoms with Crippen molar-refractivity contribution >= 4 is 39.8 Å². The van der Waals surface area contributed by atoms with Gasteiger partial charge in [0.15, 0.2) is 0 Å². The zero-order valence-electron chi connectivity index (χ0n) is 19.3. The largest absolute Gasteiger partial charge is 0.465 e. The van der Waals surface area contributed by atoms with Crippen molar-refractivity contribution in [3.63, 3.8) is 0 Å². The summed E-state index contributed by atoms with van der Waals surface area (Å²) in [4.78, 5) is 37.7. The number of amides is 2. The van der Waals surface area contributed by atoms with E-state index in [4.69, 9.17) is 4.74 Å². The topological polar surface area (TPSA) is 87.7 Å². The van der Waals surface area contributed by atoms with Gasteiger partial charge in [0.1, 0.15) is 0 Å². The lowest BCUT2D eigenvalue weighted by Gasteiger charge is -2.17. The van der Waals surface area contributed by atoms with Gasteiger partial charge in [-0.2, -0.15) is 0 Å². The Balaban J connectivity index is 1.56. The van der Waals surface area contributed by atoms with Gasteiger partial charge in [0.25, 0.3) is 5.91 Å². The Morgan fingerprint density at radius 3 is 2.35 bits per heavy atom. The van der Waals surface area contributed by atoms with E-state index in [1.165, 1.54) is 25.3 Å². The zero-order chi connectivity index (χ0) is 24.1. The Kier molecular flexibility index (Phi) is 7.04. The van der Waals surface area contributed by atoms with Crippen LogP contribution in [0.25, 0.3) is 16.3 Å². The predicted octanol–water partition coefficient (Wildman–Crippen LogP) is 4.41. The Labute approximate surface area is 198 Å². The number of anilines is 1. The van der Waals surface area contributed by atoms with E-state index in [1.807, 2.05) is 54.4 Å². The van der Waals surface area contributed by atoms with Crippen LogP contribution in [0.4, 0.5) is 5.69 Å². The number of ether oxygens (including phenoxy) is 1. The van der Waals surface area contributed by atoms with Gasteiger partial charge in [-0.15, -0.1) is 0 Å². The molecular formula is C27H27N3O4. The number of esters is 1. The summed E-state index contributed by atoms with van der Waals surface area (Å²) < 4.78 is 4.84. The quantitative estimate of drug-likeness (QED) is 0.423. The minimum Gasteiger partial charge on any atom is -0.465 e. The van der Waals surface area contributed by atoms with Crippen LogP contribution < -0.4 is 10.7 Å². The molecule has 0 aromatic heterocycles. The minimum atomic E-state index is -0.600. The van der Waals surface area contributed by atoms with Crippen LogP contribution in [0, 0.1) is 0 Å². The first kappa shape index (κ1) is 23.2. The van der Waals surface area contributed by atoms with Crippen LogP contribution in [0.2, 0.25) is 0 Å². The van der Waals surface area contributed by atoms with Crippen LogP contribution in [-0.2, 0) is 9.53 Å². The fourth-order valence-corrected chi connectivity index (χ4v) is 4.00. The third-order valence-electron chi connectivity index (χ3n) is 5.86. The molecule has 0 bridgehead atoms. The molecule has 7 heteroatoms. The van der Waals surface area contributed by atoms with Crippen LogP contribution >= 0.6 is 0 Å². The molecule has 34 heavy (non-hydrogen) atoms. The summed E-state index contributed by atoms with van der Waals surface area (Å²) in [5.74, 6) is -1.30. The molecule has 0 spiro atoms. The Morgan fingerprint density at radius 2 is 1.62 bits per heavy atom. The molecule has 2 amide bonds. The molecular weight excluding hydrogens is 430 g/mol. The molecule has 0 unspecified atom stereocenters. The van der Waals surface area contributed by atoms with Crippen molar-refractivity contribution in [3.8, 4) is 0 Å². The fraction of sp³-hybridized carbons (Fsp3) is 0.222. The smallest absolute Gasteiger partial charge is 0.339 e. The van der Waals surface area contributed by atoms with Crippen LogP contribution in [0.5, 0.6) is 0 Å². The molecule has 1 aliphatic rings. The number of allylic oxidation sites excluding steroid dienone is 1. The monoisotopic (exact) mass is 457 g/mol. The number of benzene rings is 3. The molecule has 1 heterocycles. The lowest BCUT2D eigenvalue weighted by atomic mass is 10.0. The third kappa shape index (κ3) is 5.32. The molecule has 2 N–H and O–H groups in total. The van der Waals surface area contributed by atoms with Crippen LogP contribution in [0.15, 0.2) is 66.7 Å². The maximum atomic E-state index is 12.8. The molecule has 4 rings (SSSR count). The van der Waals surface area contributed by atoms with E-state index >= 15 is 0 Å². The maximum absolute atomic E-state index is 12.8. The molecule has 1 aliphatic heterocycles. The van der Waals surface area contributed by atoms with E-state index < -0.39 is 11.9 Å². The van der Waals surface area contributed by atoms with E-state index in [-0.39, 0.29) is 17.2 Å². The van der Waals surface area contributed by atoms with Gasteiger partial charge in [-0.05, 0) is 65.9 Å². The summed E-state index contributed by atoms with van der Waals surface area (Å²) in [6.45, 7) is 3.45. The third-order valence-corrected chi connectivity index (χ3v) is 5.86. The summed E-state index contributed by atoms with van der Waals surface area (Å²) >= 11 is 0. The van der Waals surface area contributed by atoms with Crippen molar-refractivity contribution < 1.29 is 19.1 Å². The van der Waals surface area contributed by atoms with Crippen LogP contribution in [-0.4, -0.2) is 43.0 Å². The second kappa shape index (κ2) is 10.3. The van der Waals surface area contributed by atoms with Gasteiger partial charge >= 0.3 is 5.97 Å². The van der Waals surface area contributed by atoms with Gasteiger partial charge in [-0.1, -0.05) is 36.4 Å². The first-order chi connectivity index (χ1) is 16.4. The average Bonchev–Trinajstić information content (AvgIpc) is 3.36. The van der Waals surface area contributed by atoms with Crippen molar-refractivity contribution in [2.45, 2.75) is 19.8 Å². The SMILES string of the molecule is COC(=O)c1ccc(C(=O)NN2CCCC2)cc1NC(=O)/C=C(/C)c1ccc2ccccc2c1. The van der Waals surface area contributed by atoms with Gasteiger partial charge in [0.05, 0.1) is 18.4 Å². The molecule has 1 saturated heterocycles. The van der Waals surface area contributed by atoms with Crippen molar-refractivity contribution in [2.24, 2.45) is 0 Å². The predicted molar refractivity (Wildman–Crippen MR) is 132 cm³/mol. The molecule has 3 aromatic rings. The lowest BCUT2D eigenvalue weighted by Crippen LogP contribution is -2.40. The molecule has 0 radical (unpaired) electrons. The number of nitrogens with one attached hydrogen (secondary N) is 2. The van der Waals surface area contributed by atoms with Gasteiger partial charge in [-0.25, -0.2) is 9.80 Å². The normalized spacial score (nSPS) is 14.1. The standard InChI is InChI=1S/C27H27N3O4/c1-18(20-10-9-19-7-3-4-8-21(19)16-20)15-25(31)28-24-17-22(11-12-23(24)27(33)34-2)26(32)29-30-13-5-6-14-30/h3-4,7-12,15-17H,5-6,13-14H2,1-2H3,(H,28,31)(H,29,32)/b18-15-. The number of methoxy groups -OCH3 is 1. The molecule has 7 nitrogen and oxygen atoms in total. The van der Waals surface area contributed by atoms with Gasteiger partial charge in [-0.3, -0.25) is 15.0 Å². The average molecular weight is 458 g/mol. The highest BCUT2D eigenvalue weighted by atomic mass is 16.5. The highest BCUT2D eigenvalue weighted by Crippen LogP contribution is 2.23. The lowest BCUT2D eigenvalue weighted by molar-refractivity contribution is -0.111. The number of carbonyl (C=O) groups excluding carboxylic acids is 3. The number of nitrogens with zero attached hydrogens (tertiary/aromatic N) is 1. The number of carbonyl (C=O) groups is 3. The first-order valence-corrected chi connectivity index (χ1v) is 11.2. The number of rotatable bonds is 6. The van der Waals surface area contributed by atoms with E-state index in [2.05, 4.69) is 10.7 Å². The minimum absolute atomic E-state index is 0.172. The Bertz CT molecular complexity index is 1280. The second-order valence-electron chi connectivity index (χ2n) is 8.27. The summed E-state index contributed by atoms with van der Waals surface area (Å²) in [6.07, 6.45) is 3.54. The molecule has 0 aliphatic carbocycles. The van der Waals surface area contributed by atoms with Gasteiger partial charge in [0, 0.05) is 24.7 Å². The summed E-state index contributed by atoms with van der Waals surface area (Å²) in [6, 6.07) is 18.5. The number of hydrazine groups is 1. The van der Waals surface area contributed by atoms with Gasteiger partial charge < -0.3 is 10.1 Å². The van der Waals surface area contributed by atoms with E-state index in [1.54, 1.807) is 6.07 Å². The summed E-state index contributed by atoms with van der Waals surface area (Å²) in [7, 11) is 1.27. The molecule has 174 valence electrons. The van der Waals surface area contributed by atoms with Gasteiger partial charge in [0.2, 0.25) is 5.91 Å². The van der Waals surface area contributed by atoms with Crippen LogP contribution in [0.3, 0.4) is 0 Å². The van der Waals surface area contributed by atoms with Crippen molar-refractivity contribution in [1.82, 2.24) is 10.4 Å². The highest BCUT2D eigenvalue weighted by Gasteiger charge is 2.19. The van der Waals surface area contributed by atoms with Crippen molar-refractivity contribution in [1.29, 1.82) is 0 Å².